The lowest BCUT2D eigenvalue weighted by atomic mass is 9.85. The van der Waals surface area contributed by atoms with Crippen LogP contribution in [0.25, 0.3) is 0 Å². The number of aromatic nitrogens is 3. The minimum atomic E-state index is -0.318. The van der Waals surface area contributed by atoms with Gasteiger partial charge in [-0.1, -0.05) is 31.2 Å². The van der Waals surface area contributed by atoms with Gasteiger partial charge in [-0.3, -0.25) is 4.79 Å². The van der Waals surface area contributed by atoms with Crippen LogP contribution >= 0.6 is 11.8 Å². The third kappa shape index (κ3) is 3.93. The molecule has 0 bridgehead atoms. The Morgan fingerprint density at radius 1 is 1.27 bits per heavy atom. The SMILES string of the molecule is CCCCSc1nc2n(n1)C(c1ccc(OCC)c(OC)c1)C1=C(CCCC1=O)N2. The van der Waals surface area contributed by atoms with Gasteiger partial charge in [0.1, 0.15) is 6.04 Å². The zero-order valence-corrected chi connectivity index (χ0v) is 18.6. The first-order valence-electron chi connectivity index (χ1n) is 10.6. The maximum atomic E-state index is 12.9. The number of carbonyl (C=O) groups is 1. The van der Waals surface area contributed by atoms with Crippen LogP contribution in [0.15, 0.2) is 34.6 Å². The molecule has 1 aliphatic heterocycles. The quantitative estimate of drug-likeness (QED) is 0.486. The van der Waals surface area contributed by atoms with Crippen molar-refractivity contribution in [1.82, 2.24) is 14.8 Å². The Morgan fingerprint density at radius 3 is 2.90 bits per heavy atom. The zero-order chi connectivity index (χ0) is 21.1. The predicted molar refractivity (Wildman–Crippen MR) is 117 cm³/mol. The number of ketones is 1. The zero-order valence-electron chi connectivity index (χ0n) is 17.7. The van der Waals surface area contributed by atoms with Gasteiger partial charge < -0.3 is 14.8 Å². The van der Waals surface area contributed by atoms with Crippen molar-refractivity contribution >= 4 is 23.5 Å². The van der Waals surface area contributed by atoms with Crippen LogP contribution in [0.2, 0.25) is 0 Å². The van der Waals surface area contributed by atoms with E-state index < -0.39 is 0 Å². The molecule has 2 aliphatic rings. The van der Waals surface area contributed by atoms with Gasteiger partial charge in [-0.25, -0.2) is 4.68 Å². The molecule has 1 aromatic carbocycles. The number of nitrogens with zero attached hydrogens (tertiary/aromatic N) is 3. The molecule has 0 spiro atoms. The highest BCUT2D eigenvalue weighted by Crippen LogP contribution is 2.42. The number of methoxy groups -OCH3 is 1. The number of carbonyl (C=O) groups excluding carboxylic acids is 1. The molecule has 0 saturated carbocycles. The largest absolute Gasteiger partial charge is 0.493 e. The van der Waals surface area contributed by atoms with Gasteiger partial charge in [0.25, 0.3) is 0 Å². The Labute approximate surface area is 181 Å². The smallest absolute Gasteiger partial charge is 0.227 e. The van der Waals surface area contributed by atoms with E-state index in [9.17, 15) is 4.79 Å². The molecule has 30 heavy (non-hydrogen) atoms. The number of ether oxygens (including phenoxy) is 2. The molecule has 1 aromatic heterocycles. The van der Waals surface area contributed by atoms with Crippen LogP contribution in [0.1, 0.15) is 57.6 Å². The molecule has 1 atom stereocenters. The van der Waals surface area contributed by atoms with Gasteiger partial charge in [-0.2, -0.15) is 4.98 Å². The van der Waals surface area contributed by atoms with Gasteiger partial charge in [0.2, 0.25) is 11.1 Å². The Morgan fingerprint density at radius 2 is 2.13 bits per heavy atom. The monoisotopic (exact) mass is 428 g/mol. The van der Waals surface area contributed by atoms with E-state index in [0.717, 1.165) is 53.4 Å². The van der Waals surface area contributed by atoms with E-state index in [2.05, 4.69) is 12.2 Å². The summed E-state index contributed by atoms with van der Waals surface area (Å²) < 4.78 is 13.1. The molecule has 1 N–H and O–H groups in total. The van der Waals surface area contributed by atoms with Crippen molar-refractivity contribution < 1.29 is 14.3 Å². The van der Waals surface area contributed by atoms with Gasteiger partial charge in [0.05, 0.1) is 13.7 Å². The van der Waals surface area contributed by atoms with E-state index in [1.54, 1.807) is 18.9 Å². The molecule has 8 heteroatoms. The molecule has 0 radical (unpaired) electrons. The minimum absolute atomic E-state index is 0.169. The van der Waals surface area contributed by atoms with Crippen LogP contribution in [0.5, 0.6) is 11.5 Å². The summed E-state index contributed by atoms with van der Waals surface area (Å²) in [6.07, 6.45) is 4.52. The number of thioether (sulfide) groups is 1. The second-order valence-electron chi connectivity index (χ2n) is 7.40. The molecule has 7 nitrogen and oxygen atoms in total. The van der Waals surface area contributed by atoms with Crippen LogP contribution in [-0.4, -0.2) is 40.0 Å². The van der Waals surface area contributed by atoms with Gasteiger partial charge in [0.15, 0.2) is 17.3 Å². The van der Waals surface area contributed by atoms with Crippen molar-refractivity contribution in [3.63, 3.8) is 0 Å². The van der Waals surface area contributed by atoms with Crippen molar-refractivity contribution in [2.45, 2.75) is 57.1 Å². The highest BCUT2D eigenvalue weighted by atomic mass is 32.2. The van der Waals surface area contributed by atoms with Crippen LogP contribution in [-0.2, 0) is 4.79 Å². The first-order chi connectivity index (χ1) is 14.7. The number of rotatable bonds is 8. The number of Topliss-reactive ketones (excluding diaryl/α,β-unsaturated/α-hetero) is 1. The summed E-state index contributed by atoms with van der Waals surface area (Å²) in [6, 6.07) is 5.52. The topological polar surface area (TPSA) is 78.3 Å². The van der Waals surface area contributed by atoms with Crippen molar-refractivity contribution in [2.24, 2.45) is 0 Å². The molecular weight excluding hydrogens is 400 g/mol. The summed E-state index contributed by atoms with van der Waals surface area (Å²) in [5, 5.41) is 8.88. The molecule has 160 valence electrons. The minimum Gasteiger partial charge on any atom is -0.493 e. The summed E-state index contributed by atoms with van der Waals surface area (Å²) in [6.45, 7) is 4.67. The third-order valence-corrected chi connectivity index (χ3v) is 6.30. The second kappa shape index (κ2) is 9.12. The van der Waals surface area contributed by atoms with Crippen molar-refractivity contribution in [3.05, 3.63) is 35.0 Å². The lowest BCUT2D eigenvalue weighted by molar-refractivity contribution is -0.116. The van der Waals surface area contributed by atoms with Crippen LogP contribution < -0.4 is 14.8 Å². The number of hydrogen-bond acceptors (Lipinski definition) is 7. The molecule has 0 saturated heterocycles. The summed E-state index contributed by atoms with van der Waals surface area (Å²) in [4.78, 5) is 17.6. The summed E-state index contributed by atoms with van der Waals surface area (Å²) in [7, 11) is 1.63. The maximum absolute atomic E-state index is 12.9. The highest BCUT2D eigenvalue weighted by molar-refractivity contribution is 7.99. The lowest BCUT2D eigenvalue weighted by Crippen LogP contribution is -2.31. The normalized spacial score (nSPS) is 18.0. The van der Waals surface area contributed by atoms with Crippen molar-refractivity contribution in [3.8, 4) is 11.5 Å². The van der Waals surface area contributed by atoms with Gasteiger partial charge in [-0.15, -0.1) is 5.10 Å². The lowest BCUT2D eigenvalue weighted by Gasteiger charge is -2.32. The molecule has 1 unspecified atom stereocenters. The van der Waals surface area contributed by atoms with E-state index in [0.29, 0.717) is 30.5 Å². The standard InChI is InChI=1S/C22H28N4O3S/c1-4-6-12-30-22-24-21-23-15-8-7-9-16(27)19(15)20(26(21)25-22)14-10-11-17(29-5-2)18(13-14)28-3/h10-11,13,20H,4-9,12H2,1-3H3,(H,23,24,25). The fraction of sp³-hybridized carbons (Fsp3) is 0.500. The number of hydrogen-bond donors (Lipinski definition) is 1. The Balaban J connectivity index is 1.77. The fourth-order valence-corrected chi connectivity index (χ4v) is 4.86. The van der Waals surface area contributed by atoms with Crippen LogP contribution in [0, 0.1) is 0 Å². The summed E-state index contributed by atoms with van der Waals surface area (Å²) in [5.41, 5.74) is 2.69. The summed E-state index contributed by atoms with van der Waals surface area (Å²) >= 11 is 1.66. The third-order valence-electron chi connectivity index (χ3n) is 5.38. The Kier molecular flexibility index (Phi) is 6.32. The maximum Gasteiger partial charge on any atom is 0.227 e. The average Bonchev–Trinajstić information content (AvgIpc) is 3.15. The van der Waals surface area contributed by atoms with Gasteiger partial charge in [-0.05, 0) is 43.9 Å². The van der Waals surface area contributed by atoms with Gasteiger partial charge >= 0.3 is 0 Å². The van der Waals surface area contributed by atoms with E-state index in [-0.39, 0.29) is 11.8 Å². The number of allylic oxidation sites excluding steroid dienone is 2. The first-order valence-corrected chi connectivity index (χ1v) is 11.6. The molecule has 2 heterocycles. The first kappa shape index (κ1) is 20.8. The number of unbranched alkanes of at least 4 members (excludes halogenated alkanes) is 1. The summed E-state index contributed by atoms with van der Waals surface area (Å²) in [5.74, 6) is 3.19. The second-order valence-corrected chi connectivity index (χ2v) is 8.47. The number of nitrogens with one attached hydrogen (secondary N) is 1. The van der Waals surface area contributed by atoms with E-state index >= 15 is 0 Å². The van der Waals surface area contributed by atoms with Crippen molar-refractivity contribution in [2.75, 3.05) is 24.8 Å². The van der Waals surface area contributed by atoms with Gasteiger partial charge in [0, 0.05) is 23.4 Å². The van der Waals surface area contributed by atoms with Crippen LogP contribution in [0.4, 0.5) is 5.95 Å². The van der Waals surface area contributed by atoms with Crippen LogP contribution in [0.3, 0.4) is 0 Å². The van der Waals surface area contributed by atoms with E-state index in [4.69, 9.17) is 19.6 Å². The molecule has 1 aliphatic carbocycles. The Hall–Kier alpha value is -2.48. The molecule has 0 amide bonds. The molecule has 4 rings (SSSR count). The molecule has 2 aromatic rings. The highest BCUT2D eigenvalue weighted by Gasteiger charge is 2.37. The number of fused-ring (bicyclic) bond motifs is 1. The Bertz CT molecular complexity index is 969. The number of benzene rings is 1. The number of anilines is 1. The average molecular weight is 429 g/mol. The molecule has 0 fully saturated rings. The predicted octanol–water partition coefficient (Wildman–Crippen LogP) is 4.60. The van der Waals surface area contributed by atoms with E-state index in [1.165, 1.54) is 0 Å². The molecular formula is C22H28N4O3S. The fourth-order valence-electron chi connectivity index (χ4n) is 3.94. The van der Waals surface area contributed by atoms with Crippen molar-refractivity contribution in [1.29, 1.82) is 0 Å². The van der Waals surface area contributed by atoms with E-state index in [1.807, 2.05) is 29.8 Å².